The number of fused-ring (bicyclic) bond motifs is 3. The summed E-state index contributed by atoms with van der Waals surface area (Å²) >= 11 is 0. The lowest BCUT2D eigenvalue weighted by atomic mass is 10.1. The average molecular weight is 291 g/mol. The van der Waals surface area contributed by atoms with E-state index in [-0.39, 0.29) is 5.56 Å². The molecular formula is C16H12F3NO. The molecular weight excluding hydrogens is 279 g/mol. The Balaban J connectivity index is 2.32. The van der Waals surface area contributed by atoms with Gasteiger partial charge in [-0.15, -0.1) is 0 Å². The van der Waals surface area contributed by atoms with Gasteiger partial charge in [0.05, 0.1) is 0 Å². The van der Waals surface area contributed by atoms with Gasteiger partial charge >= 0.3 is 6.18 Å². The first-order chi connectivity index (χ1) is 9.93. The van der Waals surface area contributed by atoms with Crippen LogP contribution in [-0.4, -0.2) is 16.5 Å². The summed E-state index contributed by atoms with van der Waals surface area (Å²) in [5, 5.41) is 1.52. The van der Waals surface area contributed by atoms with Gasteiger partial charge in [0.15, 0.2) is 0 Å². The van der Waals surface area contributed by atoms with E-state index < -0.39 is 12.0 Å². The van der Waals surface area contributed by atoms with Gasteiger partial charge in [-0.25, -0.2) is 0 Å². The molecule has 0 radical (unpaired) electrons. The smallest absolute Gasteiger partial charge is 0.341 e. The minimum atomic E-state index is -4.85. The van der Waals surface area contributed by atoms with E-state index in [0.29, 0.717) is 11.9 Å². The van der Waals surface area contributed by atoms with Crippen molar-refractivity contribution < 1.29 is 18.0 Å². The number of carbonyl (C=O) groups excluding carboxylic acids is 1. The number of carbonyl (C=O) groups is 1. The highest BCUT2D eigenvalue weighted by molar-refractivity contribution is 6.11. The molecule has 0 N–H and O–H groups in total. The van der Waals surface area contributed by atoms with Crippen LogP contribution in [0.25, 0.3) is 21.8 Å². The summed E-state index contributed by atoms with van der Waals surface area (Å²) in [4.78, 5) is 11.4. The van der Waals surface area contributed by atoms with Crippen LogP contribution in [-0.2, 0) is 6.54 Å². The van der Waals surface area contributed by atoms with Crippen LogP contribution < -0.4 is 0 Å². The molecule has 0 amide bonds. The van der Waals surface area contributed by atoms with Crippen LogP contribution >= 0.6 is 0 Å². The molecule has 108 valence electrons. The summed E-state index contributed by atoms with van der Waals surface area (Å²) in [6.45, 7) is 2.68. The number of ketones is 1. The molecule has 1 aromatic heterocycles. The first-order valence-electron chi connectivity index (χ1n) is 6.56. The van der Waals surface area contributed by atoms with Crippen LogP contribution in [0.2, 0.25) is 0 Å². The van der Waals surface area contributed by atoms with Gasteiger partial charge in [0.1, 0.15) is 0 Å². The van der Waals surface area contributed by atoms with Crippen LogP contribution in [0.1, 0.15) is 17.3 Å². The SMILES string of the molecule is CCn1c2ccccc2c2cc(C(=O)C(F)(F)F)ccc21. The maximum absolute atomic E-state index is 12.6. The molecule has 2 aromatic carbocycles. The van der Waals surface area contributed by atoms with Crippen molar-refractivity contribution >= 4 is 27.6 Å². The molecule has 2 nitrogen and oxygen atoms in total. The third-order valence-electron chi connectivity index (χ3n) is 3.61. The van der Waals surface area contributed by atoms with Gasteiger partial charge in [-0.1, -0.05) is 18.2 Å². The highest BCUT2D eigenvalue weighted by Crippen LogP contribution is 2.31. The van der Waals surface area contributed by atoms with Crippen LogP contribution in [0.3, 0.4) is 0 Å². The second kappa shape index (κ2) is 4.62. The number of rotatable bonds is 2. The van der Waals surface area contributed by atoms with Crippen LogP contribution in [0.5, 0.6) is 0 Å². The molecule has 0 aliphatic carbocycles. The normalized spacial score (nSPS) is 12.2. The van der Waals surface area contributed by atoms with Crippen molar-refractivity contribution in [3.05, 3.63) is 48.0 Å². The van der Waals surface area contributed by atoms with E-state index in [1.807, 2.05) is 35.8 Å². The Labute approximate surface area is 118 Å². The monoisotopic (exact) mass is 291 g/mol. The number of hydrogen-bond acceptors (Lipinski definition) is 1. The molecule has 0 fully saturated rings. The fraction of sp³-hybridized carbons (Fsp3) is 0.188. The molecule has 3 aromatic rings. The average Bonchev–Trinajstić information content (AvgIpc) is 2.78. The number of hydrogen-bond donors (Lipinski definition) is 0. The predicted molar refractivity (Wildman–Crippen MR) is 75.5 cm³/mol. The summed E-state index contributed by atoms with van der Waals surface area (Å²) in [5.74, 6) is -1.81. The van der Waals surface area contributed by atoms with E-state index in [1.54, 1.807) is 6.07 Å². The Hall–Kier alpha value is -2.30. The minimum Gasteiger partial charge on any atom is -0.341 e. The third kappa shape index (κ3) is 2.09. The first-order valence-corrected chi connectivity index (χ1v) is 6.56. The molecule has 3 rings (SSSR count). The van der Waals surface area contributed by atoms with Gasteiger partial charge in [-0.2, -0.15) is 13.2 Å². The summed E-state index contributed by atoms with van der Waals surface area (Å²) < 4.78 is 39.7. The van der Waals surface area contributed by atoms with Gasteiger partial charge in [-0.3, -0.25) is 4.79 Å². The molecule has 0 saturated carbocycles. The highest BCUT2D eigenvalue weighted by Gasteiger charge is 2.39. The van der Waals surface area contributed by atoms with Crippen molar-refractivity contribution in [1.82, 2.24) is 4.57 Å². The fourth-order valence-electron chi connectivity index (χ4n) is 2.70. The van der Waals surface area contributed by atoms with Crippen LogP contribution in [0.15, 0.2) is 42.5 Å². The maximum Gasteiger partial charge on any atom is 0.454 e. The largest absolute Gasteiger partial charge is 0.454 e. The van der Waals surface area contributed by atoms with Gasteiger partial charge in [0.25, 0.3) is 5.78 Å². The quantitative estimate of drug-likeness (QED) is 0.634. The number of benzene rings is 2. The van der Waals surface area contributed by atoms with Crippen molar-refractivity contribution in [3.63, 3.8) is 0 Å². The lowest BCUT2D eigenvalue weighted by Crippen LogP contribution is -2.22. The highest BCUT2D eigenvalue weighted by atomic mass is 19.4. The number of nitrogens with zero attached hydrogens (tertiary/aromatic N) is 1. The molecule has 1 heterocycles. The molecule has 0 aliphatic heterocycles. The van der Waals surface area contributed by atoms with Crippen molar-refractivity contribution in [2.45, 2.75) is 19.6 Å². The second-order valence-corrected chi connectivity index (χ2v) is 4.82. The fourth-order valence-corrected chi connectivity index (χ4v) is 2.70. The molecule has 0 saturated heterocycles. The molecule has 0 unspecified atom stereocenters. The van der Waals surface area contributed by atoms with Crippen molar-refractivity contribution in [2.75, 3.05) is 0 Å². The third-order valence-corrected chi connectivity index (χ3v) is 3.61. The zero-order chi connectivity index (χ0) is 15.2. The molecule has 0 aliphatic rings. The number of para-hydroxylation sites is 1. The summed E-state index contributed by atoms with van der Waals surface area (Å²) in [7, 11) is 0. The predicted octanol–water partition coefficient (Wildman–Crippen LogP) is 4.56. The van der Waals surface area contributed by atoms with Crippen LogP contribution in [0.4, 0.5) is 13.2 Å². The number of aryl methyl sites for hydroxylation is 1. The van der Waals surface area contributed by atoms with E-state index in [0.717, 1.165) is 16.4 Å². The Kier molecular flexibility index (Phi) is 3.01. The molecule has 0 spiro atoms. The topological polar surface area (TPSA) is 22.0 Å². The van der Waals surface area contributed by atoms with Crippen molar-refractivity contribution in [2.24, 2.45) is 0 Å². The number of Topliss-reactive ketones (excluding diaryl/α,β-unsaturated/α-hetero) is 1. The van der Waals surface area contributed by atoms with E-state index in [4.69, 9.17) is 0 Å². The van der Waals surface area contributed by atoms with Gasteiger partial charge in [0.2, 0.25) is 0 Å². The molecule has 5 heteroatoms. The molecule has 21 heavy (non-hydrogen) atoms. The minimum absolute atomic E-state index is 0.325. The number of alkyl halides is 3. The van der Waals surface area contributed by atoms with E-state index >= 15 is 0 Å². The zero-order valence-corrected chi connectivity index (χ0v) is 11.2. The standard InChI is InChI=1S/C16H12F3NO/c1-2-20-13-6-4-3-5-11(13)12-9-10(7-8-14(12)20)15(21)16(17,18)19/h3-9H,2H2,1H3. The molecule has 0 atom stereocenters. The van der Waals surface area contributed by atoms with E-state index in [2.05, 4.69) is 0 Å². The number of halogens is 3. The number of aromatic nitrogens is 1. The lowest BCUT2D eigenvalue weighted by molar-refractivity contribution is -0.0885. The first kappa shape index (κ1) is 13.7. The Bertz CT molecular complexity index is 846. The zero-order valence-electron chi connectivity index (χ0n) is 11.2. The Morgan fingerprint density at radius 2 is 1.71 bits per heavy atom. The van der Waals surface area contributed by atoms with Gasteiger partial charge < -0.3 is 4.57 Å². The van der Waals surface area contributed by atoms with E-state index in [1.165, 1.54) is 12.1 Å². The Morgan fingerprint density at radius 1 is 1.05 bits per heavy atom. The van der Waals surface area contributed by atoms with Gasteiger partial charge in [0, 0.05) is 33.9 Å². The second-order valence-electron chi connectivity index (χ2n) is 4.82. The molecule has 0 bridgehead atoms. The summed E-state index contributed by atoms with van der Waals surface area (Å²) in [6, 6.07) is 11.6. The lowest BCUT2D eigenvalue weighted by Gasteiger charge is -2.06. The summed E-state index contributed by atoms with van der Waals surface area (Å²) in [5.41, 5.74) is 1.46. The van der Waals surface area contributed by atoms with E-state index in [9.17, 15) is 18.0 Å². The van der Waals surface area contributed by atoms with Crippen molar-refractivity contribution in [3.8, 4) is 0 Å². The van der Waals surface area contributed by atoms with Gasteiger partial charge in [-0.05, 0) is 31.2 Å². The van der Waals surface area contributed by atoms with Crippen LogP contribution in [0, 0.1) is 0 Å². The summed E-state index contributed by atoms with van der Waals surface area (Å²) in [6.07, 6.45) is -4.85. The maximum atomic E-state index is 12.6. The Morgan fingerprint density at radius 3 is 2.38 bits per heavy atom. The van der Waals surface area contributed by atoms with Crippen molar-refractivity contribution in [1.29, 1.82) is 0 Å².